The third kappa shape index (κ3) is 57.2. The van der Waals surface area contributed by atoms with Gasteiger partial charge in [0, 0.05) is 19.3 Å². The van der Waals surface area contributed by atoms with E-state index in [-0.39, 0.29) is 37.5 Å². The molecule has 0 aromatic rings. The highest BCUT2D eigenvalue weighted by molar-refractivity contribution is 5.71. The summed E-state index contributed by atoms with van der Waals surface area (Å²) >= 11 is 0. The first kappa shape index (κ1) is 68.3. The molecule has 0 aromatic heterocycles. The van der Waals surface area contributed by atoms with Gasteiger partial charge in [0.25, 0.3) is 0 Å². The minimum Gasteiger partial charge on any atom is -0.462 e. The first-order valence-corrected chi connectivity index (χ1v) is 30.2. The highest BCUT2D eigenvalue weighted by atomic mass is 16.6. The Morgan fingerprint density at radius 2 is 0.556 bits per heavy atom. The minimum absolute atomic E-state index is 0.0980. The Morgan fingerprint density at radius 3 is 0.917 bits per heavy atom. The smallest absolute Gasteiger partial charge is 0.306 e. The van der Waals surface area contributed by atoms with Gasteiger partial charge in [0.15, 0.2) is 6.10 Å². The van der Waals surface area contributed by atoms with E-state index in [4.69, 9.17) is 14.2 Å². The number of unbranched alkanes of at least 4 members (excludes halogenated alkanes) is 27. The average molecular weight is 1000 g/mol. The molecule has 0 radical (unpaired) electrons. The molecule has 0 aromatic carbocycles. The van der Waals surface area contributed by atoms with E-state index in [1.54, 1.807) is 0 Å². The van der Waals surface area contributed by atoms with Crippen LogP contribution in [-0.4, -0.2) is 37.2 Å². The molecule has 0 bridgehead atoms. The first-order valence-electron chi connectivity index (χ1n) is 30.2. The maximum Gasteiger partial charge on any atom is 0.306 e. The Kier molecular flexibility index (Phi) is 56.8. The third-order valence-corrected chi connectivity index (χ3v) is 12.8. The van der Waals surface area contributed by atoms with Crippen LogP contribution >= 0.6 is 0 Å². The summed E-state index contributed by atoms with van der Waals surface area (Å²) in [6.07, 6.45) is 79.8. The molecule has 1 unspecified atom stereocenters. The average Bonchev–Trinajstić information content (AvgIpc) is 3.38. The molecule has 0 saturated carbocycles. The topological polar surface area (TPSA) is 78.9 Å². The zero-order valence-electron chi connectivity index (χ0n) is 47.2. The van der Waals surface area contributed by atoms with Gasteiger partial charge in [-0.15, -0.1) is 0 Å². The maximum absolute atomic E-state index is 12.9. The monoisotopic (exact) mass is 1000 g/mol. The lowest BCUT2D eigenvalue weighted by Crippen LogP contribution is -2.30. The quantitative estimate of drug-likeness (QED) is 0.0261. The van der Waals surface area contributed by atoms with Crippen LogP contribution in [0.4, 0.5) is 0 Å². The Labute approximate surface area is 445 Å². The molecular weight excluding hydrogens is 889 g/mol. The summed E-state index contributed by atoms with van der Waals surface area (Å²) in [6, 6.07) is 0. The number of hydrogen-bond acceptors (Lipinski definition) is 6. The van der Waals surface area contributed by atoms with Crippen molar-refractivity contribution < 1.29 is 28.6 Å². The number of allylic oxidation sites excluding steroid dienone is 16. The highest BCUT2D eigenvalue weighted by Crippen LogP contribution is 2.16. The summed E-state index contributed by atoms with van der Waals surface area (Å²) in [4.78, 5) is 38.2. The van der Waals surface area contributed by atoms with Crippen LogP contribution in [0, 0.1) is 0 Å². The van der Waals surface area contributed by atoms with Gasteiger partial charge in [0.1, 0.15) is 13.2 Å². The maximum atomic E-state index is 12.9. The van der Waals surface area contributed by atoms with Crippen molar-refractivity contribution in [3.8, 4) is 0 Å². The lowest BCUT2D eigenvalue weighted by molar-refractivity contribution is -0.167. The van der Waals surface area contributed by atoms with Crippen LogP contribution in [0.1, 0.15) is 284 Å². The summed E-state index contributed by atoms with van der Waals surface area (Å²) in [7, 11) is 0. The van der Waals surface area contributed by atoms with E-state index >= 15 is 0 Å². The van der Waals surface area contributed by atoms with Crippen LogP contribution in [0.15, 0.2) is 97.2 Å². The lowest BCUT2D eigenvalue weighted by Gasteiger charge is -2.18. The Bertz CT molecular complexity index is 1430. The summed E-state index contributed by atoms with van der Waals surface area (Å²) in [5.41, 5.74) is 0. The number of carbonyl (C=O) groups excluding carboxylic acids is 3. The van der Waals surface area contributed by atoms with Crippen molar-refractivity contribution in [2.75, 3.05) is 13.2 Å². The largest absolute Gasteiger partial charge is 0.462 e. The molecule has 0 rings (SSSR count). The van der Waals surface area contributed by atoms with Crippen molar-refractivity contribution in [2.24, 2.45) is 0 Å². The number of hydrogen-bond donors (Lipinski definition) is 0. The Morgan fingerprint density at radius 1 is 0.292 bits per heavy atom. The predicted molar refractivity (Wildman–Crippen MR) is 311 cm³/mol. The van der Waals surface area contributed by atoms with Gasteiger partial charge in [-0.3, -0.25) is 14.4 Å². The van der Waals surface area contributed by atoms with Gasteiger partial charge in [-0.2, -0.15) is 0 Å². The van der Waals surface area contributed by atoms with Crippen LogP contribution in [0.5, 0.6) is 0 Å². The van der Waals surface area contributed by atoms with Gasteiger partial charge in [0.2, 0.25) is 0 Å². The fourth-order valence-electron chi connectivity index (χ4n) is 8.31. The molecule has 0 N–H and O–H groups in total. The van der Waals surface area contributed by atoms with Crippen LogP contribution in [0.2, 0.25) is 0 Å². The van der Waals surface area contributed by atoms with Gasteiger partial charge in [-0.05, 0) is 96.3 Å². The number of carbonyl (C=O) groups is 3. The van der Waals surface area contributed by atoms with E-state index in [1.807, 2.05) is 0 Å². The summed E-state index contributed by atoms with van der Waals surface area (Å²) in [5.74, 6) is -0.959. The predicted octanol–water partition coefficient (Wildman–Crippen LogP) is 20.5. The first-order chi connectivity index (χ1) is 35.5. The van der Waals surface area contributed by atoms with E-state index in [9.17, 15) is 14.4 Å². The van der Waals surface area contributed by atoms with E-state index < -0.39 is 6.10 Å². The molecule has 0 spiro atoms. The second-order valence-electron chi connectivity index (χ2n) is 19.9. The van der Waals surface area contributed by atoms with Crippen molar-refractivity contribution in [3.63, 3.8) is 0 Å². The standard InChI is InChI=1S/C66H112O6/c1-4-7-10-13-16-19-22-25-28-30-31-32-33-34-35-37-38-41-44-47-50-53-56-59-65(68)71-62-63(61-70-64(67)58-55-52-49-46-43-40-27-24-21-18-15-12-9-6-3)72-66(69)60-57-54-51-48-45-42-39-36-29-26-23-20-17-14-11-8-5-2/h7,10,16,19,24-25,27-28,31-32,34-35,38,41,47,50,63H,4-6,8-9,11-15,17-18,20-23,26,29-30,33,36-37,39-40,42-46,48-49,51-62H2,1-3H3/b10-7-,19-16-,27-24-,28-25-,32-31-,35-34-,41-38-,50-47-. The fourth-order valence-corrected chi connectivity index (χ4v) is 8.31. The van der Waals surface area contributed by atoms with Gasteiger partial charge in [-0.1, -0.05) is 266 Å². The van der Waals surface area contributed by atoms with Gasteiger partial charge >= 0.3 is 17.9 Å². The summed E-state index contributed by atoms with van der Waals surface area (Å²) in [6.45, 7) is 6.48. The molecule has 412 valence electrons. The number of rotatable bonds is 54. The normalized spacial score (nSPS) is 12.8. The second-order valence-corrected chi connectivity index (χ2v) is 19.9. The fraction of sp³-hybridized carbons (Fsp3) is 0.712. The lowest BCUT2D eigenvalue weighted by atomic mass is 10.0. The van der Waals surface area contributed by atoms with Crippen molar-refractivity contribution in [1.29, 1.82) is 0 Å². The molecule has 6 heteroatoms. The van der Waals surface area contributed by atoms with Crippen molar-refractivity contribution >= 4 is 17.9 Å². The zero-order chi connectivity index (χ0) is 52.2. The summed E-state index contributed by atoms with van der Waals surface area (Å²) in [5, 5.41) is 0. The molecule has 72 heavy (non-hydrogen) atoms. The Hall–Kier alpha value is -3.67. The molecule has 0 saturated heterocycles. The molecule has 0 aliphatic rings. The molecule has 0 fully saturated rings. The number of ether oxygens (including phenoxy) is 3. The second kappa shape index (κ2) is 59.9. The minimum atomic E-state index is -0.804. The summed E-state index contributed by atoms with van der Waals surface area (Å²) < 4.78 is 16.8. The zero-order valence-corrected chi connectivity index (χ0v) is 47.2. The van der Waals surface area contributed by atoms with E-state index in [0.717, 1.165) is 96.3 Å². The molecule has 0 amide bonds. The van der Waals surface area contributed by atoms with Gasteiger partial charge < -0.3 is 14.2 Å². The number of esters is 3. The van der Waals surface area contributed by atoms with Crippen molar-refractivity contribution in [1.82, 2.24) is 0 Å². The third-order valence-electron chi connectivity index (χ3n) is 12.8. The van der Waals surface area contributed by atoms with Crippen LogP contribution in [-0.2, 0) is 28.6 Å². The highest BCUT2D eigenvalue weighted by Gasteiger charge is 2.19. The molecular formula is C66H112O6. The molecule has 0 aliphatic heterocycles. The van der Waals surface area contributed by atoms with E-state index in [0.29, 0.717) is 19.3 Å². The molecule has 0 heterocycles. The van der Waals surface area contributed by atoms with Crippen molar-refractivity contribution in [2.45, 2.75) is 290 Å². The molecule has 6 nitrogen and oxygen atoms in total. The van der Waals surface area contributed by atoms with Crippen LogP contribution < -0.4 is 0 Å². The van der Waals surface area contributed by atoms with Gasteiger partial charge in [0.05, 0.1) is 0 Å². The molecule has 1 atom stereocenters. The molecule has 0 aliphatic carbocycles. The van der Waals surface area contributed by atoms with Crippen LogP contribution in [0.25, 0.3) is 0 Å². The Balaban J connectivity index is 4.46. The van der Waals surface area contributed by atoms with E-state index in [1.165, 1.54) is 141 Å². The van der Waals surface area contributed by atoms with Crippen LogP contribution in [0.3, 0.4) is 0 Å². The SMILES string of the molecule is CC/C=C\C/C=C\C/C=C\C/C=C\C/C=C\C/C=C\C/C=C\CCCC(=O)OCC(COC(=O)CCCCCCC/C=C\CCCCCCC)OC(=O)CCCCCCCCCCCCCCCCCCC. The van der Waals surface area contributed by atoms with Crippen molar-refractivity contribution in [3.05, 3.63) is 97.2 Å². The van der Waals surface area contributed by atoms with Gasteiger partial charge in [-0.25, -0.2) is 0 Å². The van der Waals surface area contributed by atoms with E-state index in [2.05, 4.69) is 118 Å².